The van der Waals surface area contributed by atoms with Gasteiger partial charge in [0.15, 0.2) is 5.78 Å². The highest BCUT2D eigenvalue weighted by Crippen LogP contribution is 2.48. The van der Waals surface area contributed by atoms with E-state index in [9.17, 15) is 9.59 Å². The van der Waals surface area contributed by atoms with E-state index in [4.69, 9.17) is 4.74 Å². The van der Waals surface area contributed by atoms with Gasteiger partial charge in [0.05, 0.1) is 11.5 Å². The Labute approximate surface area is 156 Å². The number of hydrogen-bond donors (Lipinski definition) is 0. The highest BCUT2D eigenvalue weighted by atomic mass is 16.5. The van der Waals surface area contributed by atoms with Crippen LogP contribution in [0.1, 0.15) is 68.7 Å². The third-order valence-corrected chi connectivity index (χ3v) is 5.81. The van der Waals surface area contributed by atoms with Crippen molar-refractivity contribution in [1.82, 2.24) is 0 Å². The Morgan fingerprint density at radius 1 is 1.15 bits per heavy atom. The molecule has 26 heavy (non-hydrogen) atoms. The van der Waals surface area contributed by atoms with Crippen LogP contribution in [-0.4, -0.2) is 11.8 Å². The predicted molar refractivity (Wildman–Crippen MR) is 104 cm³/mol. The molecule has 0 N–H and O–H groups in total. The number of allylic oxidation sites excluding steroid dienone is 2. The molecular formula is C23H30O3. The van der Waals surface area contributed by atoms with Gasteiger partial charge in [0.1, 0.15) is 5.76 Å². The van der Waals surface area contributed by atoms with Crippen molar-refractivity contribution in [3.8, 4) is 0 Å². The molecule has 140 valence electrons. The summed E-state index contributed by atoms with van der Waals surface area (Å²) < 4.78 is 5.88. The summed E-state index contributed by atoms with van der Waals surface area (Å²) in [6.45, 7) is 9.94. The summed E-state index contributed by atoms with van der Waals surface area (Å²) in [6, 6.07) is 4.28. The quantitative estimate of drug-likeness (QED) is 0.701. The minimum Gasteiger partial charge on any atom is -0.430 e. The summed E-state index contributed by atoms with van der Waals surface area (Å²) in [5.41, 5.74) is 5.16. The summed E-state index contributed by atoms with van der Waals surface area (Å²) in [5.74, 6) is 0.451. The van der Waals surface area contributed by atoms with Crippen LogP contribution in [0.15, 0.2) is 17.9 Å². The lowest BCUT2D eigenvalue weighted by Crippen LogP contribution is -2.23. The van der Waals surface area contributed by atoms with E-state index in [0.29, 0.717) is 11.3 Å². The molecule has 3 nitrogen and oxygen atoms in total. The van der Waals surface area contributed by atoms with Gasteiger partial charge in [0.25, 0.3) is 0 Å². The number of carbonyl (C=O) groups excluding carboxylic acids is 2. The van der Waals surface area contributed by atoms with Crippen molar-refractivity contribution in [2.75, 3.05) is 0 Å². The number of carbonyl (C=O) groups is 2. The van der Waals surface area contributed by atoms with Crippen LogP contribution in [0.25, 0.3) is 5.57 Å². The van der Waals surface area contributed by atoms with E-state index in [2.05, 4.69) is 32.9 Å². The molecule has 3 rings (SSSR count). The van der Waals surface area contributed by atoms with Gasteiger partial charge in [-0.05, 0) is 49.8 Å². The number of aryl methyl sites for hydroxylation is 3. The maximum absolute atomic E-state index is 13.4. The van der Waals surface area contributed by atoms with E-state index >= 15 is 0 Å². The van der Waals surface area contributed by atoms with Gasteiger partial charge in [-0.25, -0.2) is 0 Å². The van der Waals surface area contributed by atoms with E-state index in [0.717, 1.165) is 43.2 Å². The molecule has 1 unspecified atom stereocenters. The van der Waals surface area contributed by atoms with Crippen LogP contribution in [-0.2, 0) is 20.7 Å². The minimum absolute atomic E-state index is 0.0147. The largest absolute Gasteiger partial charge is 0.430 e. The maximum atomic E-state index is 13.4. The maximum Gasteiger partial charge on any atom is 0.313 e. The fraction of sp³-hybridized carbons (Fsp3) is 0.565. The zero-order valence-electron chi connectivity index (χ0n) is 16.6. The van der Waals surface area contributed by atoms with Gasteiger partial charge in [0.2, 0.25) is 0 Å². The molecule has 0 heterocycles. The van der Waals surface area contributed by atoms with E-state index in [1.54, 1.807) is 0 Å². The third-order valence-electron chi connectivity index (χ3n) is 5.81. The molecule has 0 radical (unpaired) electrons. The average Bonchev–Trinajstić information content (AvgIpc) is 2.87. The molecule has 0 spiro atoms. The normalized spacial score (nSPS) is 22.8. The Bertz CT molecular complexity index is 770. The summed E-state index contributed by atoms with van der Waals surface area (Å²) in [6.07, 6.45) is 4.88. The molecule has 0 aliphatic heterocycles. The van der Waals surface area contributed by atoms with Crippen LogP contribution in [0.2, 0.25) is 0 Å². The Morgan fingerprint density at radius 2 is 1.81 bits per heavy atom. The molecule has 1 aromatic carbocycles. The van der Waals surface area contributed by atoms with Gasteiger partial charge in [-0.15, -0.1) is 0 Å². The van der Waals surface area contributed by atoms with Gasteiger partial charge < -0.3 is 4.74 Å². The number of esters is 1. The van der Waals surface area contributed by atoms with Gasteiger partial charge in [-0.3, -0.25) is 9.59 Å². The summed E-state index contributed by atoms with van der Waals surface area (Å²) in [4.78, 5) is 25.7. The first kappa shape index (κ1) is 18.9. The Kier molecular flexibility index (Phi) is 5.36. The van der Waals surface area contributed by atoms with Crippen molar-refractivity contribution in [1.29, 1.82) is 0 Å². The predicted octanol–water partition coefficient (Wildman–Crippen LogP) is 5.17. The van der Waals surface area contributed by atoms with Crippen molar-refractivity contribution in [3.05, 3.63) is 40.1 Å². The molecule has 1 fully saturated rings. The number of hydrogen-bond acceptors (Lipinski definition) is 3. The first-order valence-electron chi connectivity index (χ1n) is 9.95. The second-order valence-electron chi connectivity index (χ2n) is 8.15. The molecule has 2 aliphatic carbocycles. The molecule has 1 saturated carbocycles. The van der Waals surface area contributed by atoms with Gasteiger partial charge >= 0.3 is 5.97 Å². The molecule has 1 aromatic rings. The number of fused-ring (bicyclic) bond motifs is 1. The molecular weight excluding hydrogens is 324 g/mol. The average molecular weight is 354 g/mol. The topological polar surface area (TPSA) is 43.4 Å². The van der Waals surface area contributed by atoms with Crippen molar-refractivity contribution >= 4 is 17.3 Å². The number of ketones is 1. The monoisotopic (exact) mass is 354 g/mol. The highest BCUT2D eigenvalue weighted by molar-refractivity contribution is 6.25. The van der Waals surface area contributed by atoms with Gasteiger partial charge in [-0.2, -0.15) is 0 Å². The zero-order chi connectivity index (χ0) is 19.0. The molecule has 0 amide bonds. The van der Waals surface area contributed by atoms with E-state index in [1.807, 2.05) is 13.8 Å². The molecule has 0 bridgehead atoms. The summed E-state index contributed by atoms with van der Waals surface area (Å²) >= 11 is 0. The second-order valence-corrected chi connectivity index (χ2v) is 8.15. The van der Waals surface area contributed by atoms with Gasteiger partial charge in [0, 0.05) is 11.8 Å². The van der Waals surface area contributed by atoms with E-state index in [1.165, 1.54) is 11.1 Å². The molecule has 2 aliphatic rings. The Balaban J connectivity index is 2.19. The minimum atomic E-state index is -0.237. The SMILES string of the molecule is CCc1cc(C)cc(C)c1C1=C(OC(=O)C(C)C)C2CCCC[C@@H]2C1=O. The smallest absolute Gasteiger partial charge is 0.313 e. The fourth-order valence-electron chi connectivity index (χ4n) is 4.54. The van der Waals surface area contributed by atoms with Crippen molar-refractivity contribution < 1.29 is 14.3 Å². The van der Waals surface area contributed by atoms with Crippen LogP contribution in [0, 0.1) is 31.6 Å². The molecule has 0 saturated heterocycles. The summed E-state index contributed by atoms with van der Waals surface area (Å²) in [7, 11) is 0. The van der Waals surface area contributed by atoms with Crippen LogP contribution >= 0.6 is 0 Å². The van der Waals surface area contributed by atoms with Crippen LogP contribution in [0.5, 0.6) is 0 Å². The number of rotatable bonds is 4. The van der Waals surface area contributed by atoms with Crippen molar-refractivity contribution in [2.45, 2.75) is 66.7 Å². The number of benzene rings is 1. The fourth-order valence-corrected chi connectivity index (χ4v) is 4.54. The Morgan fingerprint density at radius 3 is 2.42 bits per heavy atom. The van der Waals surface area contributed by atoms with Crippen LogP contribution in [0.3, 0.4) is 0 Å². The van der Waals surface area contributed by atoms with Crippen molar-refractivity contribution in [2.24, 2.45) is 17.8 Å². The molecule has 0 aromatic heterocycles. The van der Waals surface area contributed by atoms with E-state index < -0.39 is 0 Å². The van der Waals surface area contributed by atoms with Crippen molar-refractivity contribution in [3.63, 3.8) is 0 Å². The molecule has 2 atom stereocenters. The van der Waals surface area contributed by atoms with E-state index in [-0.39, 0.29) is 29.5 Å². The lowest BCUT2D eigenvalue weighted by atomic mass is 9.80. The first-order chi connectivity index (χ1) is 12.3. The highest BCUT2D eigenvalue weighted by Gasteiger charge is 2.46. The lowest BCUT2D eigenvalue weighted by molar-refractivity contribution is -0.144. The Hall–Kier alpha value is -1.90. The van der Waals surface area contributed by atoms with Crippen LogP contribution < -0.4 is 0 Å². The summed E-state index contributed by atoms with van der Waals surface area (Å²) in [5, 5.41) is 0. The third kappa shape index (κ3) is 3.24. The van der Waals surface area contributed by atoms with Gasteiger partial charge in [-0.1, -0.05) is 51.3 Å². The second kappa shape index (κ2) is 7.38. The standard InChI is InChI=1S/C23H30O3/c1-6-16-12-14(4)11-15(5)19(16)20-21(24)17-9-7-8-10-18(17)22(20)26-23(25)13(2)3/h11-13,17-18H,6-10H2,1-5H3/t17-,18?/m0/s1. The first-order valence-corrected chi connectivity index (χ1v) is 9.95. The number of Topliss-reactive ketones (excluding diaryl/α,β-unsaturated/α-hetero) is 1. The molecule has 3 heteroatoms. The number of ether oxygens (including phenoxy) is 1. The zero-order valence-corrected chi connectivity index (χ0v) is 16.6. The lowest BCUT2D eigenvalue weighted by Gasteiger charge is -2.25. The van der Waals surface area contributed by atoms with Crippen LogP contribution in [0.4, 0.5) is 0 Å².